The fraction of sp³-hybridized carbons (Fsp3) is 0.312. The summed E-state index contributed by atoms with van der Waals surface area (Å²) in [4.78, 5) is 33.2. The van der Waals surface area contributed by atoms with Crippen LogP contribution in [0.3, 0.4) is 0 Å². The number of aldehydes is 1. The molecule has 0 bridgehead atoms. The van der Waals surface area contributed by atoms with Gasteiger partial charge in [0.1, 0.15) is 18.7 Å². The van der Waals surface area contributed by atoms with Gasteiger partial charge in [-0.25, -0.2) is 17.9 Å². The van der Waals surface area contributed by atoms with Crippen molar-refractivity contribution in [2.24, 2.45) is 4.99 Å². The summed E-state index contributed by atoms with van der Waals surface area (Å²) in [6, 6.07) is 1.61. The highest BCUT2D eigenvalue weighted by molar-refractivity contribution is 7.16. The highest BCUT2D eigenvalue weighted by atomic mass is 31.0. The van der Waals surface area contributed by atoms with Crippen molar-refractivity contribution in [3.8, 4) is 0 Å². The second-order valence-electron chi connectivity index (χ2n) is 9.81. The molecule has 0 aliphatic heterocycles. The minimum Gasteiger partial charge on any atom is -0.483 e. The molecule has 0 fully saturated rings. The van der Waals surface area contributed by atoms with Crippen molar-refractivity contribution in [1.82, 2.24) is 19.7 Å². The Balaban J connectivity index is 2.42. The van der Waals surface area contributed by atoms with Gasteiger partial charge in [0.15, 0.2) is 17.4 Å². The molecule has 0 radical (unpaired) electrons. The summed E-state index contributed by atoms with van der Waals surface area (Å²) in [7, 11) is 3.81. The van der Waals surface area contributed by atoms with Gasteiger partial charge in [-0.1, -0.05) is 15.8 Å². The van der Waals surface area contributed by atoms with Crippen molar-refractivity contribution in [3.05, 3.63) is 88.1 Å². The number of unbranched alkanes of at least 4 members (excludes halogenated alkanes) is 1. The maximum atomic E-state index is 14.1. The number of ether oxygens (including phenoxy) is 2. The first-order valence-corrected chi connectivity index (χ1v) is 14.9. The van der Waals surface area contributed by atoms with Crippen molar-refractivity contribution in [3.63, 3.8) is 0 Å². The van der Waals surface area contributed by atoms with Crippen LogP contribution >= 0.6 is 9.24 Å². The Morgan fingerprint density at radius 2 is 2.07 bits per heavy atom. The van der Waals surface area contributed by atoms with Gasteiger partial charge in [0.05, 0.1) is 36.0 Å². The number of aromatic amines is 1. The van der Waals surface area contributed by atoms with E-state index in [1.165, 1.54) is 30.1 Å². The predicted molar refractivity (Wildman–Crippen MR) is 179 cm³/mol. The van der Waals surface area contributed by atoms with Crippen LogP contribution in [-0.2, 0) is 14.3 Å². The molecule has 0 aliphatic carbocycles. The maximum Gasteiger partial charge on any atom is 0.214 e. The molecule has 2 atom stereocenters. The Morgan fingerprint density at radius 1 is 1.33 bits per heavy atom. The van der Waals surface area contributed by atoms with Crippen LogP contribution in [0.2, 0.25) is 0 Å². The van der Waals surface area contributed by atoms with E-state index in [1.54, 1.807) is 19.1 Å². The van der Waals surface area contributed by atoms with E-state index in [0.717, 1.165) is 18.4 Å². The number of anilines is 1. The standard InChI is InChI=1S/C32H40F3N6O4P/c1-6-24(33)30(25(34)7-2)44-16-11-21(3)28(20-37-4)41-31(36)23(19-38-41)29(43)27-18-22(12-17-45-32(35)46)26(39-27)10-14-40(5)13-8-9-15-42/h6-7,10-12,15,18-20,32,39H,1,4,8-9,13-14,16-17,36,46H2,2-3,5H3/b21-11-,22-12-,25-7+,26-10+,28-20+,30-24-. The fourth-order valence-electron chi connectivity index (χ4n) is 4.07. The van der Waals surface area contributed by atoms with Crippen LogP contribution < -0.4 is 16.3 Å². The number of alkyl halides is 1. The molecule has 10 nitrogen and oxygen atoms in total. The number of ketones is 1. The molecule has 0 saturated heterocycles. The van der Waals surface area contributed by atoms with E-state index >= 15 is 0 Å². The molecule has 0 aromatic carbocycles. The van der Waals surface area contributed by atoms with Crippen LogP contribution in [0.5, 0.6) is 0 Å². The number of aromatic nitrogens is 3. The number of nitrogens with two attached hydrogens (primary N) is 1. The molecular weight excluding hydrogens is 620 g/mol. The molecule has 46 heavy (non-hydrogen) atoms. The van der Waals surface area contributed by atoms with Crippen LogP contribution in [0.4, 0.5) is 19.0 Å². The van der Waals surface area contributed by atoms with Gasteiger partial charge in [0.2, 0.25) is 11.9 Å². The minimum atomic E-state index is -1.55. The maximum absolute atomic E-state index is 14.1. The molecular formula is C32H40F3N6O4P. The van der Waals surface area contributed by atoms with Crippen LogP contribution in [0.1, 0.15) is 42.7 Å². The summed E-state index contributed by atoms with van der Waals surface area (Å²) < 4.78 is 52.9. The lowest BCUT2D eigenvalue weighted by atomic mass is 10.1. The molecule has 0 saturated carbocycles. The summed E-state index contributed by atoms with van der Waals surface area (Å²) in [6.07, 6.45) is 10.1. The average molecular weight is 661 g/mol. The quantitative estimate of drug-likeness (QED) is 0.0437. The molecule has 2 aromatic rings. The van der Waals surface area contributed by atoms with Gasteiger partial charge in [0.25, 0.3) is 0 Å². The largest absolute Gasteiger partial charge is 0.483 e. The van der Waals surface area contributed by atoms with Gasteiger partial charge in [-0.2, -0.15) is 5.10 Å². The zero-order chi connectivity index (χ0) is 34.2. The molecule has 3 N–H and O–H groups in total. The van der Waals surface area contributed by atoms with E-state index in [2.05, 4.69) is 28.4 Å². The normalized spacial score (nSPS) is 14.8. The summed E-state index contributed by atoms with van der Waals surface area (Å²) >= 11 is 0. The number of halogens is 3. The van der Waals surface area contributed by atoms with Crippen LogP contribution in [0.15, 0.2) is 71.2 Å². The molecule has 2 rings (SSSR count). The fourth-order valence-corrected chi connectivity index (χ4v) is 4.18. The Kier molecular flexibility index (Phi) is 15.8. The summed E-state index contributed by atoms with van der Waals surface area (Å²) in [5.41, 5.74) is 7.52. The summed E-state index contributed by atoms with van der Waals surface area (Å²) in [5, 5.41) is 5.51. The van der Waals surface area contributed by atoms with Crippen molar-refractivity contribution < 1.29 is 32.2 Å². The van der Waals surface area contributed by atoms with Crippen molar-refractivity contribution in [1.29, 1.82) is 0 Å². The van der Waals surface area contributed by atoms with Gasteiger partial charge >= 0.3 is 0 Å². The van der Waals surface area contributed by atoms with Gasteiger partial charge in [-0.3, -0.25) is 9.79 Å². The highest BCUT2D eigenvalue weighted by Crippen LogP contribution is 2.24. The van der Waals surface area contributed by atoms with Crippen molar-refractivity contribution in [2.75, 3.05) is 39.1 Å². The van der Waals surface area contributed by atoms with Crippen LogP contribution in [-0.4, -0.2) is 77.9 Å². The molecule has 0 aliphatic rings. The van der Waals surface area contributed by atoms with Gasteiger partial charge in [-0.15, -0.1) is 0 Å². The first kappa shape index (κ1) is 37.9. The van der Waals surface area contributed by atoms with Crippen molar-refractivity contribution in [2.45, 2.75) is 32.8 Å². The molecule has 2 unspecified atom stereocenters. The molecule has 14 heteroatoms. The molecule has 2 aromatic heterocycles. The second-order valence-corrected chi connectivity index (χ2v) is 10.3. The number of allylic oxidation sites excluding steroid dienone is 6. The third-order valence-corrected chi connectivity index (χ3v) is 6.73. The lowest BCUT2D eigenvalue weighted by molar-refractivity contribution is -0.108. The zero-order valence-corrected chi connectivity index (χ0v) is 27.3. The number of hydrogen-bond acceptors (Lipinski definition) is 8. The van der Waals surface area contributed by atoms with Crippen LogP contribution in [0, 0.1) is 0 Å². The van der Waals surface area contributed by atoms with Crippen LogP contribution in [0.25, 0.3) is 17.8 Å². The van der Waals surface area contributed by atoms with E-state index in [0.29, 0.717) is 47.8 Å². The van der Waals surface area contributed by atoms with E-state index in [-0.39, 0.29) is 30.3 Å². The topological polar surface area (TPSA) is 128 Å². The zero-order valence-electron chi connectivity index (χ0n) is 26.1. The number of nitrogen functional groups attached to an aromatic ring is 1. The number of rotatable bonds is 19. The Hall–Kier alpha value is -4.32. The first-order valence-electron chi connectivity index (χ1n) is 14.2. The Morgan fingerprint density at radius 3 is 2.70 bits per heavy atom. The molecule has 248 valence electrons. The minimum absolute atomic E-state index is 0.000927. The number of carbonyl (C=O) groups is 2. The summed E-state index contributed by atoms with van der Waals surface area (Å²) in [5.74, 6) is -2.89. The number of nitrogens with zero attached hydrogens (tertiary/aromatic N) is 4. The molecule has 0 spiro atoms. The lowest BCUT2D eigenvalue weighted by Crippen LogP contribution is -2.27. The van der Waals surface area contributed by atoms with Crippen molar-refractivity contribution >= 4 is 51.7 Å². The SMILES string of the molecule is C=C/C(F)=C(OC/C=C(C)\C(=C/N=C)n1ncc(C(=O)c2cc(=C/COC(F)P)/c(=C\CN(C)CCCC=O)[nH]2)c1N)\C(F)=C/C. The van der Waals surface area contributed by atoms with E-state index < -0.39 is 29.3 Å². The number of carbonyl (C=O) groups excluding carboxylic acids is 2. The Bertz CT molecular complexity index is 1640. The number of nitrogens with one attached hydrogen (secondary N) is 1. The third-order valence-electron chi connectivity index (χ3n) is 6.53. The highest BCUT2D eigenvalue weighted by Gasteiger charge is 2.21. The number of H-pyrrole nitrogens is 1. The smallest absolute Gasteiger partial charge is 0.214 e. The average Bonchev–Trinajstić information content (AvgIpc) is 3.62. The number of aliphatic imine (C=N–C) groups is 1. The second kappa shape index (κ2) is 19.3. The molecule has 2 heterocycles. The lowest BCUT2D eigenvalue weighted by Gasteiger charge is -2.12. The first-order chi connectivity index (χ1) is 22.0. The monoisotopic (exact) mass is 660 g/mol. The number of hydrogen-bond donors (Lipinski definition) is 2. The van der Waals surface area contributed by atoms with E-state index in [4.69, 9.17) is 15.2 Å². The van der Waals surface area contributed by atoms with E-state index in [1.807, 2.05) is 27.3 Å². The summed E-state index contributed by atoms with van der Waals surface area (Å²) in [6.45, 7) is 10.8. The van der Waals surface area contributed by atoms with Gasteiger partial charge < -0.3 is 29.9 Å². The predicted octanol–water partition coefficient (Wildman–Crippen LogP) is 4.34. The van der Waals surface area contributed by atoms with E-state index in [9.17, 15) is 22.8 Å². The van der Waals surface area contributed by atoms with Gasteiger partial charge in [0, 0.05) is 18.3 Å². The Labute approximate surface area is 268 Å². The van der Waals surface area contributed by atoms with Gasteiger partial charge in [-0.05, 0) is 87.8 Å². The third kappa shape index (κ3) is 10.9. The molecule has 0 amide bonds.